The average Bonchev–Trinajstić information content (AvgIpc) is 2.58. The van der Waals surface area contributed by atoms with Crippen LogP contribution in [-0.2, 0) is 11.3 Å². The molecule has 0 unspecified atom stereocenters. The van der Waals surface area contributed by atoms with Crippen molar-refractivity contribution in [1.82, 2.24) is 4.57 Å². The zero-order valence-corrected chi connectivity index (χ0v) is 13.9. The molecular weight excluding hydrogens is 349 g/mol. The Morgan fingerprint density at radius 3 is 2.68 bits per heavy atom. The molecule has 0 fully saturated rings. The largest absolute Gasteiger partial charge is 0.494 e. The number of aromatic nitrogens is 1. The highest BCUT2D eigenvalue weighted by atomic mass is 35.5. The van der Waals surface area contributed by atoms with Crippen molar-refractivity contribution in [3.8, 4) is 17.0 Å². The Balaban J connectivity index is 2.34. The van der Waals surface area contributed by atoms with E-state index in [0.29, 0.717) is 27.1 Å². The van der Waals surface area contributed by atoms with E-state index < -0.39 is 23.9 Å². The van der Waals surface area contributed by atoms with Crippen molar-refractivity contribution in [2.75, 3.05) is 7.11 Å². The molecule has 1 aromatic heterocycles. The zero-order chi connectivity index (χ0) is 18.1. The van der Waals surface area contributed by atoms with Crippen molar-refractivity contribution in [3.05, 3.63) is 63.7 Å². The topological polar surface area (TPSA) is 68.5 Å². The standard InChI is InChI=1S/C18H13ClFNO4/c1-25-16-7-11(3-5-14(16)20)15-6-10-2-4-12(19)8-13(10)18(24)21(15)9-17(22)23/h2-8H,9H2,1H3,(H,22,23). The number of hydrogen-bond acceptors (Lipinski definition) is 3. The minimum atomic E-state index is -1.17. The lowest BCUT2D eigenvalue weighted by Gasteiger charge is -2.14. The number of halogens is 2. The Labute approximate surface area is 146 Å². The van der Waals surface area contributed by atoms with Gasteiger partial charge in [0.05, 0.1) is 12.8 Å². The minimum absolute atomic E-state index is 0.00280. The van der Waals surface area contributed by atoms with Gasteiger partial charge in [-0.3, -0.25) is 14.2 Å². The summed E-state index contributed by atoms with van der Waals surface area (Å²) in [4.78, 5) is 24.0. The van der Waals surface area contributed by atoms with Crippen LogP contribution in [0.4, 0.5) is 4.39 Å². The van der Waals surface area contributed by atoms with Crippen LogP contribution in [0.2, 0.25) is 5.02 Å². The van der Waals surface area contributed by atoms with Gasteiger partial charge in [0.2, 0.25) is 0 Å². The van der Waals surface area contributed by atoms with E-state index in [1.165, 1.54) is 31.4 Å². The van der Waals surface area contributed by atoms with E-state index in [-0.39, 0.29) is 5.75 Å². The number of methoxy groups -OCH3 is 1. The molecular formula is C18H13ClFNO4. The highest BCUT2D eigenvalue weighted by molar-refractivity contribution is 6.31. The number of carboxylic acid groups (broad SMARTS) is 1. The fraction of sp³-hybridized carbons (Fsp3) is 0.111. The molecule has 128 valence electrons. The van der Waals surface area contributed by atoms with Gasteiger partial charge in [-0.2, -0.15) is 0 Å². The van der Waals surface area contributed by atoms with Crippen molar-refractivity contribution in [2.24, 2.45) is 0 Å². The first-order valence-electron chi connectivity index (χ1n) is 7.29. The minimum Gasteiger partial charge on any atom is -0.494 e. The Hall–Kier alpha value is -2.86. The molecule has 2 aromatic carbocycles. The van der Waals surface area contributed by atoms with E-state index in [9.17, 15) is 14.0 Å². The van der Waals surface area contributed by atoms with Gasteiger partial charge < -0.3 is 9.84 Å². The summed E-state index contributed by atoms with van der Waals surface area (Å²) in [6.45, 7) is -0.531. The molecule has 0 aliphatic heterocycles. The van der Waals surface area contributed by atoms with Crippen LogP contribution in [0.5, 0.6) is 5.75 Å². The first kappa shape index (κ1) is 17.0. The fourth-order valence-corrected chi connectivity index (χ4v) is 2.84. The van der Waals surface area contributed by atoms with Gasteiger partial charge in [-0.1, -0.05) is 17.7 Å². The Kier molecular flexibility index (Phi) is 4.46. The normalized spacial score (nSPS) is 10.8. The van der Waals surface area contributed by atoms with Crippen LogP contribution < -0.4 is 10.3 Å². The Bertz CT molecular complexity index is 1050. The number of pyridine rings is 1. The van der Waals surface area contributed by atoms with Crippen molar-refractivity contribution < 1.29 is 19.0 Å². The number of ether oxygens (including phenoxy) is 1. The van der Waals surface area contributed by atoms with Gasteiger partial charge >= 0.3 is 5.97 Å². The molecule has 1 N–H and O–H groups in total. The fourth-order valence-electron chi connectivity index (χ4n) is 2.67. The van der Waals surface area contributed by atoms with E-state index in [2.05, 4.69) is 0 Å². The molecule has 5 nitrogen and oxygen atoms in total. The smallest absolute Gasteiger partial charge is 0.323 e. The summed E-state index contributed by atoms with van der Waals surface area (Å²) in [5.41, 5.74) is 0.328. The first-order chi connectivity index (χ1) is 11.9. The summed E-state index contributed by atoms with van der Waals surface area (Å²) in [7, 11) is 1.33. The second-order valence-electron chi connectivity index (χ2n) is 5.40. The molecule has 0 saturated heterocycles. The predicted octanol–water partition coefficient (Wildman–Crippen LogP) is 3.55. The van der Waals surface area contributed by atoms with Crippen molar-refractivity contribution >= 4 is 28.3 Å². The van der Waals surface area contributed by atoms with Crippen LogP contribution in [-0.4, -0.2) is 22.8 Å². The molecule has 0 saturated carbocycles. The maximum atomic E-state index is 13.7. The maximum Gasteiger partial charge on any atom is 0.323 e. The Morgan fingerprint density at radius 1 is 1.24 bits per heavy atom. The summed E-state index contributed by atoms with van der Waals surface area (Å²) in [6.07, 6.45) is 0. The molecule has 0 radical (unpaired) electrons. The molecule has 0 amide bonds. The highest BCUT2D eigenvalue weighted by Gasteiger charge is 2.15. The summed E-state index contributed by atoms with van der Waals surface area (Å²) in [6, 6.07) is 10.6. The SMILES string of the molecule is COc1cc(-c2cc3ccc(Cl)cc3c(=O)n2CC(=O)O)ccc1F. The third-order valence-electron chi connectivity index (χ3n) is 3.81. The lowest BCUT2D eigenvalue weighted by atomic mass is 10.1. The summed E-state index contributed by atoms with van der Waals surface area (Å²) in [5.74, 6) is -1.72. The maximum absolute atomic E-state index is 13.7. The quantitative estimate of drug-likeness (QED) is 0.771. The molecule has 3 aromatic rings. The van der Waals surface area contributed by atoms with Gasteiger partial charge in [0.1, 0.15) is 6.54 Å². The van der Waals surface area contributed by atoms with E-state index in [4.69, 9.17) is 21.4 Å². The van der Waals surface area contributed by atoms with E-state index in [1.54, 1.807) is 18.2 Å². The van der Waals surface area contributed by atoms with Crippen molar-refractivity contribution in [2.45, 2.75) is 6.54 Å². The van der Waals surface area contributed by atoms with Crippen LogP contribution >= 0.6 is 11.6 Å². The van der Waals surface area contributed by atoms with E-state index >= 15 is 0 Å². The van der Waals surface area contributed by atoms with E-state index in [0.717, 1.165) is 4.57 Å². The lowest BCUT2D eigenvalue weighted by Crippen LogP contribution is -2.25. The van der Waals surface area contributed by atoms with Gasteiger partial charge in [-0.25, -0.2) is 4.39 Å². The molecule has 0 bridgehead atoms. The van der Waals surface area contributed by atoms with Gasteiger partial charge in [-0.15, -0.1) is 0 Å². The van der Waals surface area contributed by atoms with Gasteiger partial charge in [0.15, 0.2) is 11.6 Å². The average molecular weight is 362 g/mol. The zero-order valence-electron chi connectivity index (χ0n) is 13.1. The summed E-state index contributed by atoms with van der Waals surface area (Å²) in [5, 5.41) is 10.5. The third-order valence-corrected chi connectivity index (χ3v) is 4.05. The van der Waals surface area contributed by atoms with Gasteiger partial charge in [0, 0.05) is 16.0 Å². The summed E-state index contributed by atoms with van der Waals surface area (Å²) >= 11 is 5.94. The van der Waals surface area contributed by atoms with Crippen LogP contribution in [0.25, 0.3) is 22.0 Å². The predicted molar refractivity (Wildman–Crippen MR) is 92.8 cm³/mol. The summed E-state index contributed by atoms with van der Waals surface area (Å²) < 4.78 is 19.8. The highest BCUT2D eigenvalue weighted by Crippen LogP contribution is 2.28. The third kappa shape index (κ3) is 3.21. The molecule has 0 spiro atoms. The number of hydrogen-bond donors (Lipinski definition) is 1. The number of carbonyl (C=O) groups is 1. The second kappa shape index (κ2) is 6.57. The van der Waals surface area contributed by atoms with E-state index in [1.807, 2.05) is 0 Å². The second-order valence-corrected chi connectivity index (χ2v) is 5.83. The Morgan fingerprint density at radius 2 is 2.00 bits per heavy atom. The number of benzene rings is 2. The number of nitrogens with zero attached hydrogens (tertiary/aromatic N) is 1. The lowest BCUT2D eigenvalue weighted by molar-refractivity contribution is -0.137. The number of rotatable bonds is 4. The van der Waals surface area contributed by atoms with Crippen LogP contribution in [0.3, 0.4) is 0 Å². The van der Waals surface area contributed by atoms with Crippen molar-refractivity contribution in [3.63, 3.8) is 0 Å². The van der Waals surface area contributed by atoms with Gasteiger partial charge in [-0.05, 0) is 41.8 Å². The van der Waals surface area contributed by atoms with Crippen molar-refractivity contribution in [1.29, 1.82) is 0 Å². The molecule has 0 aliphatic carbocycles. The van der Waals surface area contributed by atoms with Crippen LogP contribution in [0, 0.1) is 5.82 Å². The molecule has 0 atom stereocenters. The van der Waals surface area contributed by atoms with Crippen LogP contribution in [0.1, 0.15) is 0 Å². The molecule has 25 heavy (non-hydrogen) atoms. The van der Waals surface area contributed by atoms with Gasteiger partial charge in [0.25, 0.3) is 5.56 Å². The number of fused-ring (bicyclic) bond motifs is 1. The number of carboxylic acids is 1. The molecule has 3 rings (SSSR count). The van der Waals surface area contributed by atoms with Crippen LogP contribution in [0.15, 0.2) is 47.3 Å². The first-order valence-corrected chi connectivity index (χ1v) is 7.67. The molecule has 0 aliphatic rings. The molecule has 7 heteroatoms. The number of aliphatic carboxylic acids is 1. The monoisotopic (exact) mass is 361 g/mol. The molecule has 1 heterocycles.